The lowest BCUT2D eigenvalue weighted by atomic mass is 9.84. The summed E-state index contributed by atoms with van der Waals surface area (Å²) in [5.74, 6) is -0.0105. The van der Waals surface area contributed by atoms with Crippen molar-refractivity contribution in [1.29, 1.82) is 5.26 Å². The van der Waals surface area contributed by atoms with Crippen LogP contribution in [0.15, 0.2) is 42.5 Å². The molecule has 0 aliphatic carbocycles. The van der Waals surface area contributed by atoms with Gasteiger partial charge in [-0.05, 0) is 80.5 Å². The smallest absolute Gasteiger partial charge is 0.410 e. The summed E-state index contributed by atoms with van der Waals surface area (Å²) in [5, 5.41) is 21.2. The summed E-state index contributed by atoms with van der Waals surface area (Å²) in [4.78, 5) is 14.0. The van der Waals surface area contributed by atoms with Gasteiger partial charge in [0.05, 0.1) is 17.7 Å². The van der Waals surface area contributed by atoms with Crippen LogP contribution in [0.5, 0.6) is 0 Å². The highest BCUT2D eigenvalue weighted by atomic mass is 35.5. The van der Waals surface area contributed by atoms with Crippen LogP contribution >= 0.6 is 11.6 Å². The van der Waals surface area contributed by atoms with Gasteiger partial charge in [-0.1, -0.05) is 29.8 Å². The molecule has 1 fully saturated rings. The van der Waals surface area contributed by atoms with E-state index in [4.69, 9.17) is 16.3 Å². The molecule has 0 bridgehead atoms. The Morgan fingerprint density at radius 2 is 1.83 bits per heavy atom. The number of likely N-dealkylation sites (tertiary alicyclic amines) is 1. The number of carbonyl (C=O) groups is 1. The van der Waals surface area contributed by atoms with Crippen molar-refractivity contribution >= 4 is 17.7 Å². The largest absolute Gasteiger partial charge is 0.444 e. The monoisotopic (exact) mass is 426 g/mol. The number of carbonyl (C=O) groups excluding carboxylic acids is 1. The van der Waals surface area contributed by atoms with E-state index < -0.39 is 11.7 Å². The molecule has 2 aromatic carbocycles. The van der Waals surface area contributed by atoms with Gasteiger partial charge >= 0.3 is 6.09 Å². The van der Waals surface area contributed by atoms with Crippen molar-refractivity contribution in [2.45, 2.75) is 45.3 Å². The number of hydrogen-bond donors (Lipinski definition) is 1. The number of aliphatic hydroxyl groups excluding tert-OH is 1. The first-order chi connectivity index (χ1) is 14.2. The van der Waals surface area contributed by atoms with E-state index in [1.54, 1.807) is 17.0 Å². The van der Waals surface area contributed by atoms with Crippen LogP contribution in [0.25, 0.3) is 11.1 Å². The Labute approximate surface area is 182 Å². The molecule has 1 N–H and O–H groups in total. The third-order valence-electron chi connectivity index (χ3n) is 5.29. The standard InChI is InChI=1S/C24H27ClN2O3/c1-24(2,3)30-23(29)27-12-10-18(11-13-27)22(28)21-14-16(15-26)4-9-20(21)17-5-7-19(25)8-6-17/h4-9,14,18,22,28H,10-13H2,1-3H3. The number of halogens is 1. The lowest BCUT2D eigenvalue weighted by molar-refractivity contribution is 0.00773. The second kappa shape index (κ2) is 9.07. The van der Waals surface area contributed by atoms with E-state index in [0.29, 0.717) is 36.5 Å². The van der Waals surface area contributed by atoms with Crippen LogP contribution in [0.2, 0.25) is 5.02 Å². The molecule has 1 unspecified atom stereocenters. The van der Waals surface area contributed by atoms with Crippen LogP contribution < -0.4 is 0 Å². The number of ether oxygens (including phenoxy) is 1. The summed E-state index contributed by atoms with van der Waals surface area (Å²) < 4.78 is 5.45. The molecule has 0 aromatic heterocycles. The lowest BCUT2D eigenvalue weighted by Crippen LogP contribution is -2.42. The zero-order valence-electron chi connectivity index (χ0n) is 17.6. The topological polar surface area (TPSA) is 73.6 Å². The molecular weight excluding hydrogens is 400 g/mol. The molecule has 5 nitrogen and oxygen atoms in total. The van der Waals surface area contributed by atoms with Gasteiger partial charge in [0.25, 0.3) is 0 Å². The van der Waals surface area contributed by atoms with Crippen molar-refractivity contribution in [3.05, 3.63) is 58.6 Å². The van der Waals surface area contributed by atoms with Crippen molar-refractivity contribution < 1.29 is 14.6 Å². The van der Waals surface area contributed by atoms with Gasteiger partial charge in [-0.2, -0.15) is 5.26 Å². The first kappa shape index (κ1) is 22.1. The van der Waals surface area contributed by atoms with E-state index in [2.05, 4.69) is 6.07 Å². The van der Waals surface area contributed by atoms with Gasteiger partial charge in [0.2, 0.25) is 0 Å². The third kappa shape index (κ3) is 5.33. The molecule has 1 saturated heterocycles. The summed E-state index contributed by atoms with van der Waals surface area (Å²) in [6.07, 6.45) is 0.280. The zero-order valence-corrected chi connectivity index (χ0v) is 18.3. The Kier molecular flexibility index (Phi) is 6.70. The van der Waals surface area contributed by atoms with Crippen molar-refractivity contribution in [2.75, 3.05) is 13.1 Å². The second-order valence-electron chi connectivity index (χ2n) is 8.67. The molecule has 158 valence electrons. The van der Waals surface area contributed by atoms with Crippen LogP contribution in [-0.4, -0.2) is 34.8 Å². The van der Waals surface area contributed by atoms with E-state index in [-0.39, 0.29) is 12.0 Å². The fourth-order valence-electron chi connectivity index (χ4n) is 3.75. The van der Waals surface area contributed by atoms with Crippen LogP contribution in [0.3, 0.4) is 0 Å². The number of benzene rings is 2. The van der Waals surface area contributed by atoms with Gasteiger partial charge < -0.3 is 14.7 Å². The number of aliphatic hydroxyl groups is 1. The molecule has 0 saturated carbocycles. The maximum absolute atomic E-state index is 12.3. The van der Waals surface area contributed by atoms with Crippen molar-refractivity contribution in [3.8, 4) is 17.2 Å². The maximum Gasteiger partial charge on any atom is 0.410 e. The van der Waals surface area contributed by atoms with E-state index in [1.807, 2.05) is 51.1 Å². The fourth-order valence-corrected chi connectivity index (χ4v) is 3.87. The first-order valence-corrected chi connectivity index (χ1v) is 10.5. The first-order valence-electron chi connectivity index (χ1n) is 10.1. The predicted molar refractivity (Wildman–Crippen MR) is 117 cm³/mol. The Hall–Kier alpha value is -2.55. The summed E-state index contributed by atoms with van der Waals surface area (Å²) in [6, 6.07) is 15.0. The zero-order chi connectivity index (χ0) is 21.9. The van der Waals surface area contributed by atoms with Crippen LogP contribution in [-0.2, 0) is 4.74 Å². The van der Waals surface area contributed by atoms with Gasteiger partial charge in [0.1, 0.15) is 5.60 Å². The molecule has 3 rings (SSSR count). The minimum atomic E-state index is -0.732. The number of nitriles is 1. The highest BCUT2D eigenvalue weighted by Crippen LogP contribution is 2.37. The minimum Gasteiger partial charge on any atom is -0.444 e. The molecule has 1 atom stereocenters. The van der Waals surface area contributed by atoms with Crippen molar-refractivity contribution in [3.63, 3.8) is 0 Å². The Balaban J connectivity index is 1.78. The maximum atomic E-state index is 12.3. The molecular formula is C24H27ClN2O3. The Morgan fingerprint density at radius 3 is 2.40 bits per heavy atom. The van der Waals surface area contributed by atoms with Crippen LogP contribution in [0, 0.1) is 17.2 Å². The molecule has 1 aliphatic rings. The molecule has 1 amide bonds. The Morgan fingerprint density at radius 1 is 1.20 bits per heavy atom. The van der Waals surface area contributed by atoms with E-state index in [1.165, 1.54) is 0 Å². The predicted octanol–water partition coefficient (Wildman–Crippen LogP) is 5.56. The highest BCUT2D eigenvalue weighted by Gasteiger charge is 2.31. The lowest BCUT2D eigenvalue weighted by Gasteiger charge is -2.35. The van der Waals surface area contributed by atoms with E-state index in [0.717, 1.165) is 16.7 Å². The van der Waals surface area contributed by atoms with Gasteiger partial charge in [-0.15, -0.1) is 0 Å². The molecule has 0 spiro atoms. The van der Waals surface area contributed by atoms with E-state index >= 15 is 0 Å². The van der Waals surface area contributed by atoms with Crippen molar-refractivity contribution in [1.82, 2.24) is 4.90 Å². The number of amides is 1. The second-order valence-corrected chi connectivity index (χ2v) is 9.11. The average molecular weight is 427 g/mol. The third-order valence-corrected chi connectivity index (χ3v) is 5.54. The number of nitrogens with zero attached hydrogens (tertiary/aromatic N) is 2. The van der Waals surface area contributed by atoms with Gasteiger partial charge in [-0.25, -0.2) is 4.79 Å². The van der Waals surface area contributed by atoms with Gasteiger partial charge in [-0.3, -0.25) is 0 Å². The quantitative estimate of drug-likeness (QED) is 0.697. The molecule has 1 heterocycles. The molecule has 0 radical (unpaired) electrons. The van der Waals surface area contributed by atoms with E-state index in [9.17, 15) is 15.2 Å². The number of piperidine rings is 1. The van der Waals surface area contributed by atoms with Gasteiger partial charge in [0.15, 0.2) is 0 Å². The fraction of sp³-hybridized carbons (Fsp3) is 0.417. The molecule has 30 heavy (non-hydrogen) atoms. The number of hydrogen-bond acceptors (Lipinski definition) is 4. The van der Waals surface area contributed by atoms with Crippen LogP contribution in [0.4, 0.5) is 4.79 Å². The number of rotatable bonds is 3. The summed E-state index contributed by atoms with van der Waals surface area (Å²) in [6.45, 7) is 6.61. The summed E-state index contributed by atoms with van der Waals surface area (Å²) in [5.41, 5.74) is 2.52. The molecule has 1 aliphatic heterocycles. The van der Waals surface area contributed by atoms with Gasteiger partial charge in [0, 0.05) is 18.1 Å². The molecule has 6 heteroatoms. The summed E-state index contributed by atoms with van der Waals surface area (Å²) in [7, 11) is 0. The minimum absolute atomic E-state index is 0.0105. The highest BCUT2D eigenvalue weighted by molar-refractivity contribution is 6.30. The normalized spacial score (nSPS) is 16.1. The van der Waals surface area contributed by atoms with Crippen molar-refractivity contribution in [2.24, 2.45) is 5.92 Å². The molecule has 2 aromatic rings. The SMILES string of the molecule is CC(C)(C)OC(=O)N1CCC(C(O)c2cc(C#N)ccc2-c2ccc(Cl)cc2)CC1. The average Bonchev–Trinajstić information content (AvgIpc) is 2.72. The van der Waals surface area contributed by atoms with Crippen LogP contribution in [0.1, 0.15) is 50.8 Å². The summed E-state index contributed by atoms with van der Waals surface area (Å²) >= 11 is 6.02. The Bertz CT molecular complexity index is 936.